The summed E-state index contributed by atoms with van der Waals surface area (Å²) in [5.41, 5.74) is 23.2. The molecule has 9 heteroatoms. The van der Waals surface area contributed by atoms with Crippen molar-refractivity contribution in [3.8, 4) is 0 Å². The van der Waals surface area contributed by atoms with Gasteiger partial charge in [0.1, 0.15) is 11.6 Å². The van der Waals surface area contributed by atoms with Crippen LogP contribution in [-0.4, -0.2) is 40.5 Å². The number of amides is 1. The molecular weight excluding hydrogens is 428 g/mol. The number of hydrogen-bond acceptors (Lipinski definition) is 8. The molecule has 1 amide bonds. The van der Waals surface area contributed by atoms with E-state index in [1.807, 2.05) is 6.07 Å². The van der Waals surface area contributed by atoms with Crippen LogP contribution in [0.25, 0.3) is 0 Å². The first kappa shape index (κ1) is 20.9. The van der Waals surface area contributed by atoms with E-state index in [0.717, 1.165) is 43.7 Å². The van der Waals surface area contributed by atoms with Crippen molar-refractivity contribution in [3.05, 3.63) is 65.1 Å². The Morgan fingerprint density at radius 2 is 1.82 bits per heavy atom. The van der Waals surface area contributed by atoms with Crippen molar-refractivity contribution in [3.63, 3.8) is 0 Å². The number of nitrogens with two attached hydrogens (primary N) is 3. The van der Waals surface area contributed by atoms with Crippen LogP contribution in [0.2, 0.25) is 0 Å². The van der Waals surface area contributed by atoms with Gasteiger partial charge >= 0.3 is 0 Å². The van der Waals surface area contributed by atoms with E-state index in [0.29, 0.717) is 24.6 Å². The molecule has 174 valence electrons. The van der Waals surface area contributed by atoms with Gasteiger partial charge in [0.15, 0.2) is 11.5 Å². The van der Waals surface area contributed by atoms with Gasteiger partial charge in [0.25, 0.3) is 5.91 Å². The first-order chi connectivity index (χ1) is 16.4. The van der Waals surface area contributed by atoms with Crippen molar-refractivity contribution in [2.75, 3.05) is 40.9 Å². The van der Waals surface area contributed by atoms with E-state index in [-0.39, 0.29) is 28.9 Å². The molecular formula is C25H28N8O. The van der Waals surface area contributed by atoms with Crippen molar-refractivity contribution in [2.45, 2.75) is 31.7 Å². The highest BCUT2D eigenvalue weighted by molar-refractivity contribution is 6.08. The second-order valence-corrected chi connectivity index (χ2v) is 9.57. The van der Waals surface area contributed by atoms with Gasteiger partial charge in [0.2, 0.25) is 0 Å². The molecule has 0 radical (unpaired) electrons. The van der Waals surface area contributed by atoms with Gasteiger partial charge in [0.05, 0.1) is 17.6 Å². The van der Waals surface area contributed by atoms with Crippen LogP contribution in [0.3, 0.4) is 0 Å². The summed E-state index contributed by atoms with van der Waals surface area (Å²) in [6, 6.07) is 12.1. The molecule has 0 saturated carbocycles. The Bertz CT molecular complexity index is 1280. The first-order valence-corrected chi connectivity index (χ1v) is 11.7. The molecule has 6 rings (SSSR count). The maximum atomic E-state index is 13.2. The summed E-state index contributed by atoms with van der Waals surface area (Å²) in [5.74, 6) is 1.02. The number of pyridine rings is 1. The summed E-state index contributed by atoms with van der Waals surface area (Å²) in [6.07, 6.45) is 5.29. The number of anilines is 4. The zero-order chi connectivity index (χ0) is 23.4. The number of benzene rings is 1. The lowest BCUT2D eigenvalue weighted by Gasteiger charge is -2.42. The molecule has 1 saturated heterocycles. The second-order valence-electron chi connectivity index (χ2n) is 9.57. The molecule has 1 aliphatic carbocycles. The number of rotatable bonds is 2. The summed E-state index contributed by atoms with van der Waals surface area (Å²) >= 11 is 0. The topological polar surface area (TPSA) is 140 Å². The summed E-state index contributed by atoms with van der Waals surface area (Å²) in [5, 5.41) is 0. The predicted octanol–water partition coefficient (Wildman–Crippen LogP) is 2.08. The summed E-state index contributed by atoms with van der Waals surface area (Å²) in [6.45, 7) is 2.18. The smallest absolute Gasteiger partial charge is 0.280 e. The number of hydrogen-bond donors (Lipinski definition) is 3. The van der Waals surface area contributed by atoms with E-state index in [4.69, 9.17) is 17.2 Å². The quantitative estimate of drug-likeness (QED) is 0.532. The molecule has 1 aromatic carbocycles. The molecule has 3 aliphatic rings. The van der Waals surface area contributed by atoms with E-state index in [9.17, 15) is 4.79 Å². The van der Waals surface area contributed by atoms with Crippen molar-refractivity contribution in [1.29, 1.82) is 0 Å². The number of carbonyl (C=O) groups is 1. The van der Waals surface area contributed by atoms with Crippen LogP contribution in [0.5, 0.6) is 0 Å². The minimum Gasteiger partial charge on any atom is -0.384 e. The lowest BCUT2D eigenvalue weighted by Crippen LogP contribution is -2.44. The van der Waals surface area contributed by atoms with Gasteiger partial charge in [-0.15, -0.1) is 0 Å². The van der Waals surface area contributed by atoms with Crippen LogP contribution in [0, 0.1) is 5.41 Å². The van der Waals surface area contributed by atoms with E-state index in [1.165, 1.54) is 11.1 Å². The van der Waals surface area contributed by atoms with Crippen LogP contribution >= 0.6 is 0 Å². The predicted molar refractivity (Wildman–Crippen MR) is 131 cm³/mol. The van der Waals surface area contributed by atoms with E-state index in [2.05, 4.69) is 44.1 Å². The van der Waals surface area contributed by atoms with Crippen LogP contribution in [0.15, 0.2) is 42.6 Å². The largest absolute Gasteiger partial charge is 0.384 e. The third-order valence-corrected chi connectivity index (χ3v) is 7.74. The normalized spacial score (nSPS) is 20.4. The highest BCUT2D eigenvalue weighted by Crippen LogP contribution is 2.50. The molecule has 3 aromatic rings. The summed E-state index contributed by atoms with van der Waals surface area (Å²) in [7, 11) is 0. The minimum absolute atomic E-state index is 0.0650. The molecule has 2 aliphatic heterocycles. The zero-order valence-corrected chi connectivity index (χ0v) is 18.9. The Balaban J connectivity index is 1.17. The standard InChI is InChI=1S/C25H28N8O/c26-19-6-5-18-17(30-19)7-10-33(18)24(34)21-23(28)31-20(14-29-21)32-11-8-25(9-12-32)13-15-3-1-2-4-16(15)22(25)27/h1-6,14,22H,7-13,27H2,(H2,26,30)(H2,28,31). The Kier molecular flexibility index (Phi) is 4.70. The Hall–Kier alpha value is -3.72. The average Bonchev–Trinajstić information content (AvgIpc) is 3.38. The van der Waals surface area contributed by atoms with Crippen LogP contribution in [0.1, 0.15) is 46.2 Å². The summed E-state index contributed by atoms with van der Waals surface area (Å²) < 4.78 is 0. The van der Waals surface area contributed by atoms with E-state index in [1.54, 1.807) is 17.2 Å². The molecule has 1 unspecified atom stereocenters. The first-order valence-electron chi connectivity index (χ1n) is 11.7. The minimum atomic E-state index is -0.269. The number of nitrogen functional groups attached to an aromatic ring is 2. The van der Waals surface area contributed by atoms with Gasteiger partial charge in [-0.3, -0.25) is 4.79 Å². The van der Waals surface area contributed by atoms with E-state index < -0.39 is 0 Å². The number of fused-ring (bicyclic) bond motifs is 2. The maximum absolute atomic E-state index is 13.2. The fourth-order valence-corrected chi connectivity index (χ4v) is 5.81. The summed E-state index contributed by atoms with van der Waals surface area (Å²) in [4.78, 5) is 30.3. The highest BCUT2D eigenvalue weighted by atomic mass is 16.2. The third kappa shape index (κ3) is 3.19. The molecule has 0 bridgehead atoms. The number of piperidine rings is 1. The maximum Gasteiger partial charge on any atom is 0.280 e. The molecule has 4 heterocycles. The molecule has 1 spiro atoms. The highest BCUT2D eigenvalue weighted by Gasteiger charge is 2.46. The molecule has 9 nitrogen and oxygen atoms in total. The molecule has 1 atom stereocenters. The van der Waals surface area contributed by atoms with Gasteiger partial charge in [0, 0.05) is 32.1 Å². The van der Waals surface area contributed by atoms with Crippen molar-refractivity contribution in [2.24, 2.45) is 11.1 Å². The number of aromatic nitrogens is 3. The SMILES string of the molecule is Nc1ccc2c(n1)CCN2C(=O)c1ncc(N2CCC3(CC2)Cc2ccccc2C3N)nc1N. The fourth-order valence-electron chi connectivity index (χ4n) is 5.81. The average molecular weight is 457 g/mol. The van der Waals surface area contributed by atoms with Crippen LogP contribution in [0.4, 0.5) is 23.1 Å². The van der Waals surface area contributed by atoms with Gasteiger partial charge < -0.3 is 27.0 Å². The van der Waals surface area contributed by atoms with Crippen molar-refractivity contribution in [1.82, 2.24) is 15.0 Å². The van der Waals surface area contributed by atoms with Crippen molar-refractivity contribution >= 4 is 29.0 Å². The molecule has 6 N–H and O–H groups in total. The van der Waals surface area contributed by atoms with Crippen LogP contribution in [-0.2, 0) is 12.8 Å². The zero-order valence-electron chi connectivity index (χ0n) is 18.9. The number of carbonyl (C=O) groups excluding carboxylic acids is 1. The number of nitrogens with zero attached hydrogens (tertiary/aromatic N) is 5. The van der Waals surface area contributed by atoms with Gasteiger partial charge in [-0.05, 0) is 47.9 Å². The van der Waals surface area contributed by atoms with Gasteiger partial charge in [-0.25, -0.2) is 15.0 Å². The Labute approximate surface area is 198 Å². The monoisotopic (exact) mass is 456 g/mol. The lowest BCUT2D eigenvalue weighted by molar-refractivity contribution is 0.0985. The van der Waals surface area contributed by atoms with Gasteiger partial charge in [-0.1, -0.05) is 24.3 Å². The fraction of sp³-hybridized carbons (Fsp3) is 0.360. The van der Waals surface area contributed by atoms with Crippen molar-refractivity contribution < 1.29 is 4.79 Å². The van der Waals surface area contributed by atoms with E-state index >= 15 is 0 Å². The van der Waals surface area contributed by atoms with Gasteiger partial charge in [-0.2, -0.15) is 0 Å². The molecule has 1 fully saturated rings. The lowest BCUT2D eigenvalue weighted by atomic mass is 9.73. The second kappa shape index (κ2) is 7.66. The molecule has 34 heavy (non-hydrogen) atoms. The van der Waals surface area contributed by atoms with Crippen LogP contribution < -0.4 is 27.0 Å². The third-order valence-electron chi connectivity index (χ3n) is 7.74. The Morgan fingerprint density at radius 3 is 2.59 bits per heavy atom. The molecule has 2 aromatic heterocycles. The Morgan fingerprint density at radius 1 is 1.03 bits per heavy atom.